The van der Waals surface area contributed by atoms with E-state index in [9.17, 15) is 18.0 Å². The highest BCUT2D eigenvalue weighted by Crippen LogP contribution is 2.26. The number of allylic oxidation sites excluding steroid dienone is 2. The minimum absolute atomic E-state index is 0.469. The maximum absolute atomic E-state index is 12.1. The predicted octanol–water partition coefficient (Wildman–Crippen LogP) is 1.20. The summed E-state index contributed by atoms with van der Waals surface area (Å²) in [6.45, 7) is 2.05. The lowest BCUT2D eigenvalue weighted by molar-refractivity contribution is -0.151. The van der Waals surface area contributed by atoms with Crippen LogP contribution in [-0.4, -0.2) is 30.5 Å². The summed E-state index contributed by atoms with van der Waals surface area (Å²) in [5.41, 5.74) is -1.44. The van der Waals surface area contributed by atoms with Crippen molar-refractivity contribution in [3.8, 4) is 0 Å². The molecule has 0 aromatic carbocycles. The quantitative estimate of drug-likeness (QED) is 0.430. The molecule has 0 unspecified atom stereocenters. The summed E-state index contributed by atoms with van der Waals surface area (Å²) < 4.78 is 40.4. The van der Waals surface area contributed by atoms with Crippen molar-refractivity contribution in [2.75, 3.05) is 13.2 Å². The van der Waals surface area contributed by atoms with Gasteiger partial charge in [0.15, 0.2) is 0 Å². The Morgan fingerprint density at radius 1 is 1.50 bits per heavy atom. The first kappa shape index (κ1) is 12.7. The van der Waals surface area contributed by atoms with Gasteiger partial charge in [-0.05, 0) is 6.08 Å². The molecule has 0 spiro atoms. The van der Waals surface area contributed by atoms with Crippen LogP contribution in [0.3, 0.4) is 0 Å². The summed E-state index contributed by atoms with van der Waals surface area (Å²) in [7, 11) is 0. The molecule has 0 aliphatic heterocycles. The maximum Gasteiger partial charge on any atom is 0.423 e. The van der Waals surface area contributed by atoms with E-state index in [1.807, 2.05) is 0 Å². The van der Waals surface area contributed by atoms with E-state index in [4.69, 9.17) is 5.11 Å². The molecular weight excluding hydrogens is 201 g/mol. The fourth-order valence-corrected chi connectivity index (χ4v) is 0.612. The van der Waals surface area contributed by atoms with Crippen LogP contribution in [0, 0.1) is 0 Å². The highest BCUT2D eigenvalue weighted by molar-refractivity contribution is 5.90. The summed E-state index contributed by atoms with van der Waals surface area (Å²) in [6.07, 6.45) is -3.43. The second kappa shape index (κ2) is 5.43. The second-order valence-corrected chi connectivity index (χ2v) is 2.17. The Hall–Kier alpha value is -1.30. The fourth-order valence-electron chi connectivity index (χ4n) is 0.612. The van der Waals surface area contributed by atoms with Crippen LogP contribution in [-0.2, 0) is 9.53 Å². The third-order valence-corrected chi connectivity index (χ3v) is 1.13. The molecule has 80 valence electrons. The average molecular weight is 210 g/mol. The van der Waals surface area contributed by atoms with Gasteiger partial charge in [-0.3, -0.25) is 0 Å². The minimum atomic E-state index is -4.78. The smallest absolute Gasteiger partial charge is 0.423 e. The van der Waals surface area contributed by atoms with E-state index in [-0.39, 0.29) is 0 Å². The van der Waals surface area contributed by atoms with Crippen molar-refractivity contribution in [3.05, 3.63) is 24.3 Å². The molecule has 0 radical (unpaired) electrons. The number of halogens is 3. The Balaban J connectivity index is 4.60. The zero-order chi connectivity index (χ0) is 11.2. The predicted molar refractivity (Wildman–Crippen MR) is 42.4 cm³/mol. The molecule has 0 bridgehead atoms. The van der Waals surface area contributed by atoms with Crippen molar-refractivity contribution >= 4 is 5.97 Å². The summed E-state index contributed by atoms with van der Waals surface area (Å²) in [6, 6.07) is 0. The number of hydrogen-bond donors (Lipinski definition) is 1. The van der Waals surface area contributed by atoms with E-state index in [0.29, 0.717) is 6.08 Å². The molecule has 1 N–H and O–H groups in total. The summed E-state index contributed by atoms with van der Waals surface area (Å²) in [5, 5.41) is 8.23. The third kappa shape index (κ3) is 4.08. The van der Waals surface area contributed by atoms with Gasteiger partial charge in [-0.1, -0.05) is 12.7 Å². The van der Waals surface area contributed by atoms with Gasteiger partial charge in [-0.2, -0.15) is 13.2 Å². The van der Waals surface area contributed by atoms with E-state index < -0.39 is 30.9 Å². The molecule has 0 atom stereocenters. The standard InChI is InChI=1S/C8H9F3O3/c1-2-3-6(8(9,10)11)7(13)14-5-4-12/h2-3,12H,1,4-5H2. The van der Waals surface area contributed by atoms with Crippen molar-refractivity contribution in [3.63, 3.8) is 0 Å². The summed E-state index contributed by atoms with van der Waals surface area (Å²) >= 11 is 0. The molecule has 0 saturated heterocycles. The molecule has 0 heterocycles. The zero-order valence-corrected chi connectivity index (χ0v) is 7.17. The van der Waals surface area contributed by atoms with Crippen molar-refractivity contribution in [1.82, 2.24) is 0 Å². The molecule has 0 amide bonds. The van der Waals surface area contributed by atoms with E-state index in [0.717, 1.165) is 6.08 Å². The van der Waals surface area contributed by atoms with Crippen molar-refractivity contribution < 1.29 is 27.8 Å². The van der Waals surface area contributed by atoms with Gasteiger partial charge in [0.05, 0.1) is 6.61 Å². The molecule has 0 saturated carbocycles. The van der Waals surface area contributed by atoms with Crippen molar-refractivity contribution in [1.29, 1.82) is 0 Å². The van der Waals surface area contributed by atoms with Crippen LogP contribution in [0.5, 0.6) is 0 Å². The molecule has 3 nitrogen and oxygen atoms in total. The number of alkyl halides is 3. The highest BCUT2D eigenvalue weighted by atomic mass is 19.4. The Bertz CT molecular complexity index is 243. The number of ether oxygens (including phenoxy) is 1. The molecule has 6 heteroatoms. The summed E-state index contributed by atoms with van der Waals surface area (Å²) in [4.78, 5) is 10.8. The Morgan fingerprint density at radius 3 is 2.43 bits per heavy atom. The Morgan fingerprint density at radius 2 is 2.07 bits per heavy atom. The van der Waals surface area contributed by atoms with Crippen molar-refractivity contribution in [2.45, 2.75) is 6.18 Å². The first-order valence-corrected chi connectivity index (χ1v) is 3.61. The maximum atomic E-state index is 12.1. The van der Waals surface area contributed by atoms with E-state index in [1.54, 1.807) is 0 Å². The topological polar surface area (TPSA) is 46.5 Å². The molecule has 0 rings (SSSR count). The molecule has 14 heavy (non-hydrogen) atoms. The number of aliphatic hydroxyl groups excluding tert-OH is 1. The minimum Gasteiger partial charge on any atom is -0.460 e. The average Bonchev–Trinajstić information content (AvgIpc) is 2.08. The largest absolute Gasteiger partial charge is 0.460 e. The van der Waals surface area contributed by atoms with Gasteiger partial charge in [0.2, 0.25) is 0 Å². The van der Waals surface area contributed by atoms with Gasteiger partial charge in [0, 0.05) is 0 Å². The lowest BCUT2D eigenvalue weighted by atomic mass is 10.2. The van der Waals surface area contributed by atoms with Crippen LogP contribution in [0.1, 0.15) is 0 Å². The van der Waals surface area contributed by atoms with Crippen LogP contribution in [0.15, 0.2) is 24.3 Å². The highest BCUT2D eigenvalue weighted by Gasteiger charge is 2.39. The van der Waals surface area contributed by atoms with Crippen LogP contribution >= 0.6 is 0 Å². The monoisotopic (exact) mass is 210 g/mol. The second-order valence-electron chi connectivity index (χ2n) is 2.17. The molecule has 0 aromatic heterocycles. The zero-order valence-electron chi connectivity index (χ0n) is 7.17. The van der Waals surface area contributed by atoms with Gasteiger partial charge < -0.3 is 9.84 Å². The third-order valence-electron chi connectivity index (χ3n) is 1.13. The number of esters is 1. The van der Waals surface area contributed by atoms with Gasteiger partial charge in [0.25, 0.3) is 0 Å². The molecule has 0 aliphatic rings. The first-order chi connectivity index (χ1) is 6.43. The molecule has 0 aromatic rings. The summed E-state index contributed by atoms with van der Waals surface area (Å²) in [5.74, 6) is -1.52. The lowest BCUT2D eigenvalue weighted by Crippen LogP contribution is -2.23. The molecular formula is C8H9F3O3. The number of rotatable bonds is 4. The van der Waals surface area contributed by atoms with Crippen LogP contribution < -0.4 is 0 Å². The number of carbonyl (C=O) groups excluding carboxylic acids is 1. The van der Waals surface area contributed by atoms with Crippen LogP contribution in [0.25, 0.3) is 0 Å². The number of aliphatic hydroxyl groups is 1. The van der Waals surface area contributed by atoms with Gasteiger partial charge in [-0.25, -0.2) is 4.79 Å². The number of carbonyl (C=O) groups is 1. The normalized spacial score (nSPS) is 12.4. The van der Waals surface area contributed by atoms with E-state index in [1.165, 1.54) is 0 Å². The van der Waals surface area contributed by atoms with Crippen LogP contribution in [0.4, 0.5) is 13.2 Å². The van der Waals surface area contributed by atoms with E-state index in [2.05, 4.69) is 11.3 Å². The van der Waals surface area contributed by atoms with Gasteiger partial charge >= 0.3 is 12.1 Å². The van der Waals surface area contributed by atoms with Crippen molar-refractivity contribution in [2.24, 2.45) is 0 Å². The van der Waals surface area contributed by atoms with Crippen LogP contribution in [0.2, 0.25) is 0 Å². The molecule has 0 aliphatic carbocycles. The lowest BCUT2D eigenvalue weighted by Gasteiger charge is -2.09. The van der Waals surface area contributed by atoms with E-state index >= 15 is 0 Å². The first-order valence-electron chi connectivity index (χ1n) is 3.61. The number of hydrogen-bond acceptors (Lipinski definition) is 3. The Labute approximate surface area is 78.5 Å². The van der Waals surface area contributed by atoms with Gasteiger partial charge in [-0.15, -0.1) is 0 Å². The fraction of sp³-hybridized carbons (Fsp3) is 0.375. The molecule has 0 fully saturated rings. The van der Waals surface area contributed by atoms with Gasteiger partial charge in [0.1, 0.15) is 12.2 Å². The SMILES string of the molecule is C=CC=C(C(=O)OCCO)C(F)(F)F. The Kier molecular flexibility index (Phi) is 4.93.